The van der Waals surface area contributed by atoms with Gasteiger partial charge in [-0.1, -0.05) is 42.3 Å². The lowest BCUT2D eigenvalue weighted by Gasteiger charge is -2.10. The number of rotatable bonds is 1. The molecule has 0 unspecified atom stereocenters. The lowest BCUT2D eigenvalue weighted by molar-refractivity contribution is -0.138. The van der Waals surface area contributed by atoms with Gasteiger partial charge < -0.3 is 0 Å². The average molecular weight is 375 g/mol. The largest absolute Gasteiger partial charge is 0.419 e. The number of para-hydroxylation sites is 1. The first kappa shape index (κ1) is 17.7. The minimum Gasteiger partial charge on any atom is -0.235 e. The molecule has 0 N–H and O–H groups in total. The van der Waals surface area contributed by atoms with Crippen LogP contribution in [0.25, 0.3) is 22.4 Å². The molecule has 0 atom stereocenters. The van der Waals surface area contributed by atoms with E-state index in [2.05, 4.69) is 26.8 Å². The molecule has 0 saturated carbocycles. The van der Waals surface area contributed by atoms with E-state index in [0.29, 0.717) is 11.1 Å². The van der Waals surface area contributed by atoms with Gasteiger partial charge in [-0.3, -0.25) is 0 Å². The molecule has 4 aromatic rings. The topological polar surface area (TPSA) is 38.7 Å². The van der Waals surface area contributed by atoms with Crippen LogP contribution in [0, 0.1) is 11.8 Å². The van der Waals surface area contributed by atoms with Crippen LogP contribution in [0.4, 0.5) is 13.2 Å². The van der Waals surface area contributed by atoms with Gasteiger partial charge in [0.05, 0.1) is 11.1 Å². The van der Waals surface area contributed by atoms with Crippen molar-refractivity contribution < 1.29 is 13.2 Å². The van der Waals surface area contributed by atoms with Gasteiger partial charge in [-0.25, -0.2) is 15.0 Å². The maximum atomic E-state index is 13.4. The molecule has 2 aromatic carbocycles. The van der Waals surface area contributed by atoms with Crippen LogP contribution in [-0.4, -0.2) is 15.0 Å². The van der Waals surface area contributed by atoms with E-state index in [9.17, 15) is 13.2 Å². The van der Waals surface area contributed by atoms with Crippen molar-refractivity contribution in [1.29, 1.82) is 0 Å². The molecule has 28 heavy (non-hydrogen) atoms. The monoisotopic (exact) mass is 375 g/mol. The molecular weight excluding hydrogens is 363 g/mol. The fourth-order valence-corrected chi connectivity index (χ4v) is 2.66. The molecule has 0 spiro atoms. The summed E-state index contributed by atoms with van der Waals surface area (Å²) in [5.41, 5.74) is 0.276. The molecule has 0 amide bonds. The van der Waals surface area contributed by atoms with Crippen LogP contribution >= 0.6 is 0 Å². The van der Waals surface area contributed by atoms with Gasteiger partial charge in [-0.2, -0.15) is 13.2 Å². The Morgan fingerprint density at radius 1 is 0.750 bits per heavy atom. The summed E-state index contributed by atoms with van der Waals surface area (Å²) in [6.07, 6.45) is -2.94. The van der Waals surface area contributed by atoms with Gasteiger partial charge in [0.15, 0.2) is 5.82 Å². The molecule has 3 nitrogen and oxygen atoms in total. The highest BCUT2D eigenvalue weighted by Gasteiger charge is 2.34. The van der Waals surface area contributed by atoms with Crippen LogP contribution in [0.3, 0.4) is 0 Å². The standard InChI is InChI=1S/C22H12F3N3/c23-22(24,25)17-11-13-20(21-26-14-16-8-4-5-9-18(16)28-21)27-19(17)12-10-15-6-2-1-3-7-15/h1-9,11,13-14H. The van der Waals surface area contributed by atoms with Crippen LogP contribution in [0.5, 0.6) is 0 Å². The van der Waals surface area contributed by atoms with Crippen molar-refractivity contribution in [3.05, 3.63) is 89.7 Å². The average Bonchev–Trinajstić information content (AvgIpc) is 2.72. The summed E-state index contributed by atoms with van der Waals surface area (Å²) in [7, 11) is 0. The molecule has 4 rings (SSSR count). The zero-order valence-electron chi connectivity index (χ0n) is 14.4. The molecule has 0 saturated heterocycles. The highest BCUT2D eigenvalue weighted by molar-refractivity contribution is 5.79. The summed E-state index contributed by atoms with van der Waals surface area (Å²) in [6, 6.07) is 18.4. The van der Waals surface area contributed by atoms with Crippen molar-refractivity contribution in [3.8, 4) is 23.4 Å². The summed E-state index contributed by atoms with van der Waals surface area (Å²) in [4.78, 5) is 12.7. The number of hydrogen-bond acceptors (Lipinski definition) is 3. The first-order valence-corrected chi connectivity index (χ1v) is 8.38. The zero-order valence-corrected chi connectivity index (χ0v) is 14.4. The number of nitrogens with zero attached hydrogens (tertiary/aromatic N) is 3. The lowest BCUT2D eigenvalue weighted by Crippen LogP contribution is -2.10. The predicted octanol–water partition coefficient (Wildman–Crippen LogP) is 5.11. The van der Waals surface area contributed by atoms with Crippen LogP contribution in [0.1, 0.15) is 16.8 Å². The molecule has 2 heterocycles. The summed E-state index contributed by atoms with van der Waals surface area (Å²) in [5.74, 6) is 5.52. The van der Waals surface area contributed by atoms with E-state index in [-0.39, 0.29) is 17.2 Å². The summed E-state index contributed by atoms with van der Waals surface area (Å²) in [6.45, 7) is 0. The van der Waals surface area contributed by atoms with Crippen molar-refractivity contribution in [1.82, 2.24) is 15.0 Å². The van der Waals surface area contributed by atoms with E-state index in [0.717, 1.165) is 11.5 Å². The van der Waals surface area contributed by atoms with Crippen molar-refractivity contribution in [2.45, 2.75) is 6.18 Å². The molecule has 0 aliphatic carbocycles. The van der Waals surface area contributed by atoms with Gasteiger partial charge in [0, 0.05) is 17.1 Å². The Balaban J connectivity index is 1.82. The minimum atomic E-state index is -4.56. The Morgan fingerprint density at radius 2 is 1.50 bits per heavy atom. The third-order valence-electron chi connectivity index (χ3n) is 4.02. The van der Waals surface area contributed by atoms with Gasteiger partial charge in [0.1, 0.15) is 11.4 Å². The van der Waals surface area contributed by atoms with Crippen LogP contribution < -0.4 is 0 Å². The third-order valence-corrected chi connectivity index (χ3v) is 4.02. The predicted molar refractivity (Wildman–Crippen MR) is 100 cm³/mol. The first-order chi connectivity index (χ1) is 13.5. The van der Waals surface area contributed by atoms with E-state index in [1.54, 1.807) is 36.5 Å². The number of halogens is 3. The third kappa shape index (κ3) is 3.69. The number of benzene rings is 2. The van der Waals surface area contributed by atoms with Gasteiger partial charge >= 0.3 is 6.18 Å². The number of fused-ring (bicyclic) bond motifs is 1. The second kappa shape index (κ2) is 7.12. The number of hydrogen-bond donors (Lipinski definition) is 0. The molecule has 0 aliphatic heterocycles. The highest BCUT2D eigenvalue weighted by atomic mass is 19.4. The first-order valence-electron chi connectivity index (χ1n) is 8.38. The molecular formula is C22H12F3N3. The quantitative estimate of drug-likeness (QED) is 0.434. The van der Waals surface area contributed by atoms with Gasteiger partial charge in [0.25, 0.3) is 0 Å². The molecule has 2 aromatic heterocycles. The Kier molecular flexibility index (Phi) is 4.50. The van der Waals surface area contributed by atoms with Crippen molar-refractivity contribution in [3.63, 3.8) is 0 Å². The molecule has 0 aliphatic rings. The Labute approximate surface area is 158 Å². The van der Waals surface area contributed by atoms with E-state index >= 15 is 0 Å². The second-order valence-electron chi connectivity index (χ2n) is 5.96. The highest BCUT2D eigenvalue weighted by Crippen LogP contribution is 2.32. The van der Waals surface area contributed by atoms with Crippen LogP contribution in [0.2, 0.25) is 0 Å². The maximum absolute atomic E-state index is 13.4. The Morgan fingerprint density at radius 3 is 2.29 bits per heavy atom. The van der Waals surface area contributed by atoms with Crippen LogP contribution in [-0.2, 0) is 6.18 Å². The molecule has 136 valence electrons. The number of pyridine rings is 1. The molecule has 0 fully saturated rings. The number of alkyl halides is 3. The number of aromatic nitrogens is 3. The molecule has 6 heteroatoms. The van der Waals surface area contributed by atoms with Crippen molar-refractivity contribution in [2.24, 2.45) is 0 Å². The zero-order chi connectivity index (χ0) is 19.6. The van der Waals surface area contributed by atoms with E-state index in [1.165, 1.54) is 6.07 Å². The van der Waals surface area contributed by atoms with E-state index < -0.39 is 11.7 Å². The normalized spacial score (nSPS) is 11.1. The summed E-state index contributed by atoms with van der Waals surface area (Å²) < 4.78 is 40.1. The van der Waals surface area contributed by atoms with Crippen molar-refractivity contribution in [2.75, 3.05) is 0 Å². The smallest absolute Gasteiger partial charge is 0.235 e. The van der Waals surface area contributed by atoms with Crippen LogP contribution in [0.15, 0.2) is 72.9 Å². The maximum Gasteiger partial charge on any atom is 0.419 e. The van der Waals surface area contributed by atoms with Gasteiger partial charge in [-0.05, 0) is 36.3 Å². The van der Waals surface area contributed by atoms with Gasteiger partial charge in [-0.15, -0.1) is 0 Å². The fourth-order valence-electron chi connectivity index (χ4n) is 2.66. The minimum absolute atomic E-state index is 0.233. The van der Waals surface area contributed by atoms with E-state index in [4.69, 9.17) is 0 Å². The van der Waals surface area contributed by atoms with E-state index in [1.807, 2.05) is 24.3 Å². The lowest BCUT2D eigenvalue weighted by atomic mass is 10.1. The fraction of sp³-hybridized carbons (Fsp3) is 0.0455. The SMILES string of the molecule is FC(F)(F)c1ccc(-c2ncc3ccccc3n2)nc1C#Cc1ccccc1. The van der Waals surface area contributed by atoms with Gasteiger partial charge in [0.2, 0.25) is 0 Å². The Hall–Kier alpha value is -3.72. The van der Waals surface area contributed by atoms with Crippen molar-refractivity contribution >= 4 is 10.9 Å². The second-order valence-corrected chi connectivity index (χ2v) is 5.96. The molecule has 0 bridgehead atoms. The molecule has 0 radical (unpaired) electrons. The Bertz CT molecular complexity index is 1210. The summed E-state index contributed by atoms with van der Waals surface area (Å²) >= 11 is 0. The summed E-state index contributed by atoms with van der Waals surface area (Å²) in [5, 5.41) is 0.835.